The molecule has 0 saturated heterocycles. The van der Waals surface area contributed by atoms with E-state index in [0.717, 1.165) is 14.2 Å². The van der Waals surface area contributed by atoms with E-state index in [1.54, 1.807) is 11.1 Å². The first kappa shape index (κ1) is 22.6. The van der Waals surface area contributed by atoms with Gasteiger partial charge in [-0.05, 0) is 0 Å². The van der Waals surface area contributed by atoms with E-state index in [1.165, 1.54) is 22.3 Å². The number of rotatable bonds is 2. The maximum Gasteiger partial charge on any atom is -0.153 e. The molecule has 2 aliphatic carbocycles. The molecule has 2 aliphatic rings. The zero-order valence-corrected chi connectivity index (χ0v) is 18.0. The second kappa shape index (κ2) is 8.62. The number of hydrogen-bond acceptors (Lipinski definition) is 2. The Morgan fingerprint density at radius 2 is 0.913 bits per heavy atom. The molecule has 0 spiro atoms. The van der Waals surface area contributed by atoms with Crippen molar-refractivity contribution in [3.05, 3.63) is 45.6 Å². The molecule has 0 amide bonds. The molecule has 0 N–H and O–H groups in total. The molecule has 0 radical (unpaired) electrons. The summed E-state index contributed by atoms with van der Waals surface area (Å²) in [6.45, 7) is 18.7. The Labute approximate surface area is 152 Å². The minimum Gasteiger partial charge on any atom is -0.857 e. The second-order valence-electron chi connectivity index (χ2n) is 6.68. The van der Waals surface area contributed by atoms with Gasteiger partial charge in [-0.1, -0.05) is 0 Å². The fourth-order valence-electron chi connectivity index (χ4n) is 3.47. The fourth-order valence-corrected chi connectivity index (χ4v) is 7.23. The van der Waals surface area contributed by atoms with Gasteiger partial charge in [-0.15, -0.1) is 0 Å². The van der Waals surface area contributed by atoms with E-state index in [0.29, 0.717) is 7.44 Å². The van der Waals surface area contributed by atoms with Gasteiger partial charge in [-0.25, -0.2) is 0 Å². The molecule has 0 saturated carbocycles. The quantitative estimate of drug-likeness (QED) is 0.706. The topological polar surface area (TPSA) is 46.1 Å². The Hall–Kier alpha value is -0.406. The summed E-state index contributed by atoms with van der Waals surface area (Å²) in [4.78, 5) is 0. The maximum atomic E-state index is 8.25. The number of allylic oxidation sites excluding steroid dienone is 8. The first-order valence-corrected chi connectivity index (χ1v) is 9.53. The molecular formula is C20H32O2Ti. The van der Waals surface area contributed by atoms with Crippen LogP contribution in [0.5, 0.6) is 0 Å². The minimum atomic E-state index is -0.169. The smallest absolute Gasteiger partial charge is 0.153 e. The van der Waals surface area contributed by atoms with Crippen LogP contribution in [0.15, 0.2) is 45.6 Å². The Morgan fingerprint density at radius 1 is 0.652 bits per heavy atom. The maximum absolute atomic E-state index is 8.25. The van der Waals surface area contributed by atoms with E-state index in [2.05, 4.69) is 67.5 Å². The predicted molar refractivity (Wildman–Crippen MR) is 92.8 cm³/mol. The third kappa shape index (κ3) is 4.36. The normalized spacial score (nSPS) is 29.2. The van der Waals surface area contributed by atoms with Crippen LogP contribution in [0.4, 0.5) is 0 Å². The van der Waals surface area contributed by atoms with Crippen molar-refractivity contribution in [2.45, 2.75) is 62.8 Å². The van der Waals surface area contributed by atoms with Gasteiger partial charge >= 0.3 is 128 Å². The first-order valence-electron chi connectivity index (χ1n) is 7.97. The average molecular weight is 352 g/mol. The third-order valence-corrected chi connectivity index (χ3v) is 8.64. The van der Waals surface area contributed by atoms with Crippen LogP contribution in [0.25, 0.3) is 0 Å². The molecule has 3 heteroatoms. The van der Waals surface area contributed by atoms with Gasteiger partial charge in [0.1, 0.15) is 0 Å². The summed E-state index contributed by atoms with van der Waals surface area (Å²) in [5.74, 6) is 0. The van der Waals surface area contributed by atoms with Gasteiger partial charge in [0.2, 0.25) is 0 Å². The van der Waals surface area contributed by atoms with Crippen molar-refractivity contribution < 1.29 is 29.4 Å². The Balaban J connectivity index is 0.00000112. The first-order chi connectivity index (χ1) is 10.6. The van der Waals surface area contributed by atoms with Crippen molar-refractivity contribution in [2.75, 3.05) is 14.2 Å². The van der Waals surface area contributed by atoms with Crippen molar-refractivity contribution in [3.8, 4) is 0 Å². The minimum absolute atomic E-state index is 0.169. The Morgan fingerprint density at radius 3 is 1.09 bits per heavy atom. The van der Waals surface area contributed by atoms with E-state index in [-0.39, 0.29) is 19.2 Å². The molecule has 128 valence electrons. The summed E-state index contributed by atoms with van der Waals surface area (Å²) < 4.78 is 0.678. The number of hydrogen-bond donors (Lipinski definition) is 0. The van der Waals surface area contributed by atoms with E-state index in [4.69, 9.17) is 10.2 Å². The zero-order valence-electron chi connectivity index (χ0n) is 16.5. The van der Waals surface area contributed by atoms with Crippen LogP contribution >= 0.6 is 0 Å². The van der Waals surface area contributed by atoms with Crippen molar-refractivity contribution in [2.24, 2.45) is 0 Å². The third-order valence-electron chi connectivity index (χ3n) is 5.40. The van der Waals surface area contributed by atoms with Gasteiger partial charge in [0.05, 0.1) is 0 Å². The van der Waals surface area contributed by atoms with Crippen LogP contribution in [0, 0.1) is 0 Å². The molecular weight excluding hydrogens is 320 g/mol. The standard InChI is InChI=1S/2C9H13.2CH3O.Ti/c2*1-6-5-7(2)9(4)8(6)3;2*1-2;/h2*5H,1-4H3;2*1H3;/q;;2*-1;+2. The molecule has 0 fully saturated rings. The van der Waals surface area contributed by atoms with Gasteiger partial charge in [0, 0.05) is 0 Å². The Kier molecular flexibility index (Phi) is 8.47. The molecule has 2 rings (SSSR count). The van der Waals surface area contributed by atoms with Gasteiger partial charge in [-0.3, -0.25) is 0 Å². The largest absolute Gasteiger partial charge is 0.857 e. The second-order valence-corrected chi connectivity index (χ2v) is 10.3. The summed E-state index contributed by atoms with van der Waals surface area (Å²) in [5, 5.41) is 16.5. The molecule has 23 heavy (non-hydrogen) atoms. The van der Waals surface area contributed by atoms with E-state index in [1.807, 2.05) is 0 Å². The molecule has 2 unspecified atom stereocenters. The van der Waals surface area contributed by atoms with Crippen molar-refractivity contribution in [1.29, 1.82) is 0 Å². The summed E-state index contributed by atoms with van der Waals surface area (Å²) in [6.07, 6.45) is 5.07. The summed E-state index contributed by atoms with van der Waals surface area (Å²) in [5.41, 5.74) is 9.23. The van der Waals surface area contributed by atoms with Gasteiger partial charge < -0.3 is 10.2 Å². The van der Waals surface area contributed by atoms with Gasteiger partial charge in [0.15, 0.2) is 0 Å². The molecule has 0 aromatic rings. The molecule has 2 nitrogen and oxygen atoms in total. The monoisotopic (exact) mass is 352 g/mol. The molecule has 0 aliphatic heterocycles. The predicted octanol–water partition coefficient (Wildman–Crippen LogP) is 3.97. The van der Waals surface area contributed by atoms with Crippen LogP contribution in [-0.4, -0.2) is 14.2 Å². The van der Waals surface area contributed by atoms with Gasteiger partial charge in [0.25, 0.3) is 0 Å². The molecule has 0 aromatic carbocycles. The van der Waals surface area contributed by atoms with Crippen molar-refractivity contribution >= 4 is 0 Å². The van der Waals surface area contributed by atoms with E-state index < -0.39 is 0 Å². The fraction of sp³-hybridized carbons (Fsp3) is 0.600. The van der Waals surface area contributed by atoms with Crippen molar-refractivity contribution in [1.82, 2.24) is 0 Å². The van der Waals surface area contributed by atoms with Crippen LogP contribution in [0.1, 0.15) is 55.4 Å². The van der Waals surface area contributed by atoms with Crippen LogP contribution in [-0.2, 0) is 19.2 Å². The molecule has 2 atom stereocenters. The van der Waals surface area contributed by atoms with Gasteiger partial charge in [-0.2, -0.15) is 14.2 Å². The van der Waals surface area contributed by atoms with Crippen LogP contribution in [0.3, 0.4) is 0 Å². The summed E-state index contributed by atoms with van der Waals surface area (Å²) in [6, 6.07) is 0. The zero-order chi connectivity index (χ0) is 18.6. The Bertz CT molecular complexity index is 516. The summed E-state index contributed by atoms with van der Waals surface area (Å²) >= 11 is -0.169. The van der Waals surface area contributed by atoms with Crippen LogP contribution in [0.2, 0.25) is 7.44 Å². The molecule has 0 aromatic heterocycles. The van der Waals surface area contributed by atoms with Crippen LogP contribution < -0.4 is 10.2 Å². The molecule has 0 heterocycles. The average Bonchev–Trinajstić information content (AvgIpc) is 2.83. The molecule has 0 bridgehead atoms. The van der Waals surface area contributed by atoms with E-state index in [9.17, 15) is 0 Å². The SMILES string of the molecule is CC1=C[C](C)([Ti+2][C]2(C)C=C(C)C(C)=C2C)C(C)=C1C.C[O-].C[O-]. The summed E-state index contributed by atoms with van der Waals surface area (Å²) in [7, 11) is 1.50. The van der Waals surface area contributed by atoms with Crippen molar-refractivity contribution in [3.63, 3.8) is 0 Å². The van der Waals surface area contributed by atoms with E-state index >= 15 is 0 Å².